The molecule has 2 nitrogen and oxygen atoms in total. The van der Waals surface area contributed by atoms with E-state index in [1.807, 2.05) is 13.8 Å². The molecule has 1 saturated heterocycles. The van der Waals surface area contributed by atoms with Gasteiger partial charge < -0.3 is 4.90 Å². The molecule has 13 heavy (non-hydrogen) atoms. The minimum Gasteiger partial charge on any atom is -0.348 e. The maximum atomic E-state index is 4.44. The van der Waals surface area contributed by atoms with Crippen molar-refractivity contribution in [2.45, 2.75) is 33.6 Å². The zero-order chi connectivity index (χ0) is 9.68. The van der Waals surface area contributed by atoms with E-state index >= 15 is 0 Å². The summed E-state index contributed by atoms with van der Waals surface area (Å²) in [7, 11) is 0. The number of hydrogen-bond donors (Lipinski definition) is 0. The molecule has 1 aliphatic rings. The van der Waals surface area contributed by atoms with Crippen LogP contribution in [0.4, 0.5) is 5.13 Å². The lowest BCUT2D eigenvalue weighted by Crippen LogP contribution is -2.17. The van der Waals surface area contributed by atoms with Gasteiger partial charge in [0, 0.05) is 18.5 Å². The fourth-order valence-corrected chi connectivity index (χ4v) is 2.25. The van der Waals surface area contributed by atoms with E-state index in [2.05, 4.69) is 22.2 Å². The summed E-state index contributed by atoms with van der Waals surface area (Å²) < 4.78 is 0. The van der Waals surface area contributed by atoms with Crippen LogP contribution in [0.15, 0.2) is 5.38 Å². The van der Waals surface area contributed by atoms with Gasteiger partial charge in [-0.15, -0.1) is 11.3 Å². The fourth-order valence-electron chi connectivity index (χ4n) is 1.40. The van der Waals surface area contributed by atoms with Crippen molar-refractivity contribution in [2.24, 2.45) is 0 Å². The Bertz CT molecular complexity index is 239. The fraction of sp³-hybridized carbons (Fsp3) is 0.700. The van der Waals surface area contributed by atoms with Crippen molar-refractivity contribution in [3.63, 3.8) is 0 Å². The summed E-state index contributed by atoms with van der Waals surface area (Å²) >= 11 is 1.76. The van der Waals surface area contributed by atoms with Gasteiger partial charge in [0.25, 0.3) is 0 Å². The van der Waals surface area contributed by atoms with Crippen LogP contribution in [0.25, 0.3) is 0 Å². The van der Waals surface area contributed by atoms with Crippen LogP contribution < -0.4 is 4.90 Å². The SMILES string of the molecule is CC.Cc1csc(N2CCCC2)n1. The average Bonchev–Trinajstić information content (AvgIpc) is 2.77. The van der Waals surface area contributed by atoms with Gasteiger partial charge in [0.15, 0.2) is 5.13 Å². The minimum absolute atomic E-state index is 1.15. The summed E-state index contributed by atoms with van der Waals surface area (Å²) in [6.07, 6.45) is 2.66. The average molecular weight is 198 g/mol. The monoisotopic (exact) mass is 198 g/mol. The topological polar surface area (TPSA) is 16.1 Å². The summed E-state index contributed by atoms with van der Waals surface area (Å²) in [5.41, 5.74) is 1.15. The number of nitrogens with zero attached hydrogens (tertiary/aromatic N) is 2. The number of aryl methyl sites for hydroxylation is 1. The first-order chi connectivity index (χ1) is 6.36. The molecule has 74 valence electrons. The van der Waals surface area contributed by atoms with E-state index in [4.69, 9.17) is 0 Å². The molecule has 0 saturated carbocycles. The molecule has 0 radical (unpaired) electrons. The highest BCUT2D eigenvalue weighted by Gasteiger charge is 2.14. The molecule has 0 bridgehead atoms. The Balaban J connectivity index is 0.000000396. The lowest BCUT2D eigenvalue weighted by Gasteiger charge is -2.11. The molecule has 1 aromatic heterocycles. The van der Waals surface area contributed by atoms with E-state index in [1.165, 1.54) is 31.1 Å². The van der Waals surface area contributed by atoms with Gasteiger partial charge in [0.1, 0.15) is 0 Å². The highest BCUT2D eigenvalue weighted by molar-refractivity contribution is 7.13. The zero-order valence-electron chi connectivity index (χ0n) is 8.71. The zero-order valence-corrected chi connectivity index (χ0v) is 9.52. The van der Waals surface area contributed by atoms with Crippen LogP contribution in [0.2, 0.25) is 0 Å². The predicted octanol–water partition coefficient (Wildman–Crippen LogP) is 3.08. The van der Waals surface area contributed by atoms with Crippen molar-refractivity contribution >= 4 is 16.5 Å². The standard InChI is InChI=1S/C8H12N2S.C2H6/c1-7-6-11-8(9-7)10-4-2-3-5-10;1-2/h6H,2-5H2,1H3;1-2H3. The lowest BCUT2D eigenvalue weighted by atomic mass is 10.4. The van der Waals surface area contributed by atoms with Crippen molar-refractivity contribution < 1.29 is 0 Å². The molecule has 2 heterocycles. The van der Waals surface area contributed by atoms with Gasteiger partial charge in [-0.25, -0.2) is 4.98 Å². The van der Waals surface area contributed by atoms with Crippen molar-refractivity contribution in [3.8, 4) is 0 Å². The van der Waals surface area contributed by atoms with Crippen LogP contribution in [0, 0.1) is 6.92 Å². The van der Waals surface area contributed by atoms with E-state index in [0.29, 0.717) is 0 Å². The van der Waals surface area contributed by atoms with Crippen molar-refractivity contribution in [3.05, 3.63) is 11.1 Å². The first-order valence-electron chi connectivity index (χ1n) is 5.03. The highest BCUT2D eigenvalue weighted by atomic mass is 32.1. The van der Waals surface area contributed by atoms with Gasteiger partial charge in [-0.2, -0.15) is 0 Å². The van der Waals surface area contributed by atoms with E-state index in [9.17, 15) is 0 Å². The van der Waals surface area contributed by atoms with Gasteiger partial charge in [0.2, 0.25) is 0 Å². The van der Waals surface area contributed by atoms with E-state index in [0.717, 1.165) is 5.69 Å². The number of hydrogen-bond acceptors (Lipinski definition) is 3. The van der Waals surface area contributed by atoms with Gasteiger partial charge in [-0.05, 0) is 19.8 Å². The second kappa shape index (κ2) is 5.22. The molecule has 0 aromatic carbocycles. The van der Waals surface area contributed by atoms with Crippen molar-refractivity contribution in [1.29, 1.82) is 0 Å². The molecule has 0 N–H and O–H groups in total. The van der Waals surface area contributed by atoms with E-state index in [-0.39, 0.29) is 0 Å². The van der Waals surface area contributed by atoms with Crippen LogP contribution in [-0.4, -0.2) is 18.1 Å². The number of thiazole rings is 1. The second-order valence-electron chi connectivity index (χ2n) is 2.97. The van der Waals surface area contributed by atoms with Gasteiger partial charge in [-0.3, -0.25) is 0 Å². The lowest BCUT2D eigenvalue weighted by molar-refractivity contribution is 0.949. The van der Waals surface area contributed by atoms with E-state index in [1.54, 1.807) is 11.3 Å². The Kier molecular flexibility index (Phi) is 4.22. The van der Waals surface area contributed by atoms with Crippen LogP contribution in [-0.2, 0) is 0 Å². The predicted molar refractivity (Wildman–Crippen MR) is 59.6 cm³/mol. The Morgan fingerprint density at radius 2 is 1.92 bits per heavy atom. The molecule has 3 heteroatoms. The van der Waals surface area contributed by atoms with Gasteiger partial charge in [0.05, 0.1) is 5.69 Å². The molecule has 0 aliphatic carbocycles. The Morgan fingerprint density at radius 3 is 2.38 bits per heavy atom. The molecule has 1 fully saturated rings. The summed E-state index contributed by atoms with van der Waals surface area (Å²) in [5.74, 6) is 0. The first kappa shape index (κ1) is 10.5. The third-order valence-electron chi connectivity index (χ3n) is 1.98. The molecule has 0 unspecified atom stereocenters. The quantitative estimate of drug-likeness (QED) is 0.689. The first-order valence-corrected chi connectivity index (χ1v) is 5.91. The Hall–Kier alpha value is -0.570. The summed E-state index contributed by atoms with van der Waals surface area (Å²) in [6.45, 7) is 8.45. The smallest absolute Gasteiger partial charge is 0.185 e. The maximum absolute atomic E-state index is 4.44. The molecular formula is C10H18N2S. The number of anilines is 1. The number of aromatic nitrogens is 1. The Morgan fingerprint density at radius 1 is 1.31 bits per heavy atom. The van der Waals surface area contributed by atoms with Crippen LogP contribution in [0.5, 0.6) is 0 Å². The Labute approximate surface area is 84.6 Å². The molecule has 0 spiro atoms. The highest BCUT2D eigenvalue weighted by Crippen LogP contribution is 2.23. The maximum Gasteiger partial charge on any atom is 0.185 e. The third kappa shape index (κ3) is 2.69. The second-order valence-corrected chi connectivity index (χ2v) is 3.80. The van der Waals surface area contributed by atoms with Crippen molar-refractivity contribution in [1.82, 2.24) is 4.98 Å². The largest absolute Gasteiger partial charge is 0.348 e. The molecular weight excluding hydrogens is 180 g/mol. The van der Waals surface area contributed by atoms with Gasteiger partial charge in [-0.1, -0.05) is 13.8 Å². The summed E-state index contributed by atoms with van der Waals surface area (Å²) in [4.78, 5) is 6.81. The number of rotatable bonds is 1. The molecule has 1 aromatic rings. The van der Waals surface area contributed by atoms with Crippen LogP contribution >= 0.6 is 11.3 Å². The van der Waals surface area contributed by atoms with Gasteiger partial charge >= 0.3 is 0 Å². The molecule has 0 amide bonds. The third-order valence-corrected chi connectivity index (χ3v) is 3.00. The molecule has 0 atom stereocenters. The van der Waals surface area contributed by atoms with Crippen LogP contribution in [0.3, 0.4) is 0 Å². The van der Waals surface area contributed by atoms with Crippen LogP contribution in [0.1, 0.15) is 32.4 Å². The summed E-state index contributed by atoms with van der Waals surface area (Å²) in [6, 6.07) is 0. The van der Waals surface area contributed by atoms with Crippen molar-refractivity contribution in [2.75, 3.05) is 18.0 Å². The van der Waals surface area contributed by atoms with E-state index < -0.39 is 0 Å². The minimum atomic E-state index is 1.15. The summed E-state index contributed by atoms with van der Waals surface area (Å²) in [5, 5.41) is 3.33. The molecule has 2 rings (SSSR count). The molecule has 1 aliphatic heterocycles. The normalized spacial score (nSPS) is 15.5.